The monoisotopic (exact) mass is 394 g/mol. The Hall–Kier alpha value is -0.630. The topological polar surface area (TPSA) is 80.5 Å². The standard InChI is InChI=1S/C13H16BrClN2O3S/c1-17(8-4-2-3-5-8)13(18)10-6-9(21(16,19)20)7-11(14)12(10)15/h6-8H,2-5H2,1H3,(H2,16,19,20). The highest BCUT2D eigenvalue weighted by Crippen LogP contribution is 2.32. The molecule has 1 amide bonds. The van der Waals surface area contributed by atoms with Crippen LogP contribution in [-0.2, 0) is 10.0 Å². The maximum absolute atomic E-state index is 12.6. The van der Waals surface area contributed by atoms with Crippen molar-refractivity contribution in [3.63, 3.8) is 0 Å². The van der Waals surface area contributed by atoms with E-state index in [1.54, 1.807) is 11.9 Å². The van der Waals surface area contributed by atoms with E-state index in [9.17, 15) is 13.2 Å². The number of sulfonamides is 1. The van der Waals surface area contributed by atoms with Crippen molar-refractivity contribution in [1.82, 2.24) is 4.90 Å². The van der Waals surface area contributed by atoms with E-state index in [-0.39, 0.29) is 27.4 Å². The van der Waals surface area contributed by atoms with Gasteiger partial charge in [0.15, 0.2) is 0 Å². The molecule has 0 unspecified atom stereocenters. The van der Waals surface area contributed by atoms with Gasteiger partial charge in [-0.1, -0.05) is 24.4 Å². The molecule has 1 fully saturated rings. The van der Waals surface area contributed by atoms with E-state index in [2.05, 4.69) is 15.9 Å². The lowest BCUT2D eigenvalue weighted by Crippen LogP contribution is -2.35. The van der Waals surface area contributed by atoms with Crippen molar-refractivity contribution in [3.8, 4) is 0 Å². The van der Waals surface area contributed by atoms with E-state index in [1.165, 1.54) is 12.1 Å². The summed E-state index contributed by atoms with van der Waals surface area (Å²) in [7, 11) is -2.19. The van der Waals surface area contributed by atoms with Gasteiger partial charge < -0.3 is 4.90 Å². The van der Waals surface area contributed by atoms with Gasteiger partial charge in [0.1, 0.15) is 0 Å². The molecule has 116 valence electrons. The third-order valence-electron chi connectivity index (χ3n) is 3.75. The van der Waals surface area contributed by atoms with Crippen LogP contribution in [0.3, 0.4) is 0 Å². The van der Waals surface area contributed by atoms with Crippen LogP contribution in [0.1, 0.15) is 36.0 Å². The minimum absolute atomic E-state index is 0.137. The van der Waals surface area contributed by atoms with Gasteiger partial charge in [0, 0.05) is 17.6 Å². The van der Waals surface area contributed by atoms with Crippen molar-refractivity contribution in [1.29, 1.82) is 0 Å². The summed E-state index contributed by atoms with van der Waals surface area (Å²) in [5, 5.41) is 5.32. The van der Waals surface area contributed by atoms with E-state index < -0.39 is 10.0 Å². The summed E-state index contributed by atoms with van der Waals surface area (Å²) in [5.41, 5.74) is 0.143. The zero-order chi connectivity index (χ0) is 15.8. The third-order valence-corrected chi connectivity index (χ3v) is 5.91. The summed E-state index contributed by atoms with van der Waals surface area (Å²) in [6.07, 6.45) is 4.10. The fourth-order valence-corrected chi connectivity index (χ4v) is 3.90. The van der Waals surface area contributed by atoms with Crippen LogP contribution in [0, 0.1) is 0 Å². The number of hydrogen-bond donors (Lipinski definition) is 1. The first-order valence-corrected chi connectivity index (χ1v) is 9.22. The number of benzene rings is 1. The summed E-state index contributed by atoms with van der Waals surface area (Å²) in [6, 6.07) is 2.70. The molecule has 0 atom stereocenters. The van der Waals surface area contributed by atoms with E-state index in [0.29, 0.717) is 4.47 Å². The van der Waals surface area contributed by atoms with Crippen LogP contribution in [0.2, 0.25) is 5.02 Å². The Labute approximate surface area is 137 Å². The molecule has 5 nitrogen and oxygen atoms in total. The van der Waals surface area contributed by atoms with Crippen LogP contribution in [0.4, 0.5) is 0 Å². The molecule has 1 aromatic carbocycles. The molecule has 21 heavy (non-hydrogen) atoms. The first-order valence-electron chi connectivity index (χ1n) is 6.51. The lowest BCUT2D eigenvalue weighted by molar-refractivity contribution is 0.0735. The van der Waals surface area contributed by atoms with Gasteiger partial charge in [-0.15, -0.1) is 0 Å². The smallest absolute Gasteiger partial charge is 0.255 e. The molecule has 1 saturated carbocycles. The van der Waals surface area contributed by atoms with Gasteiger partial charge in [0.2, 0.25) is 10.0 Å². The van der Waals surface area contributed by atoms with Crippen LogP contribution in [0.15, 0.2) is 21.5 Å². The molecular formula is C13H16BrClN2O3S. The first-order chi connectivity index (χ1) is 9.71. The highest BCUT2D eigenvalue weighted by Gasteiger charge is 2.27. The average Bonchev–Trinajstić information content (AvgIpc) is 2.92. The summed E-state index contributed by atoms with van der Waals surface area (Å²) >= 11 is 9.30. The normalized spacial score (nSPS) is 16.2. The molecule has 0 aromatic heterocycles. The predicted octanol–water partition coefficient (Wildman–Crippen LogP) is 2.76. The van der Waals surface area contributed by atoms with Crippen molar-refractivity contribution in [2.45, 2.75) is 36.6 Å². The van der Waals surface area contributed by atoms with Crippen molar-refractivity contribution in [3.05, 3.63) is 27.2 Å². The van der Waals surface area contributed by atoms with Gasteiger partial charge in [0.25, 0.3) is 5.91 Å². The Kier molecular flexibility index (Phi) is 4.97. The largest absolute Gasteiger partial charge is 0.339 e. The minimum atomic E-state index is -3.90. The number of nitrogens with zero attached hydrogens (tertiary/aromatic N) is 1. The summed E-state index contributed by atoms with van der Waals surface area (Å²) in [6.45, 7) is 0. The molecule has 0 saturated heterocycles. The van der Waals surface area contributed by atoms with Crippen LogP contribution >= 0.6 is 27.5 Å². The van der Waals surface area contributed by atoms with Gasteiger partial charge in [-0.3, -0.25) is 4.79 Å². The molecule has 0 spiro atoms. The van der Waals surface area contributed by atoms with E-state index in [0.717, 1.165) is 25.7 Å². The molecule has 0 aliphatic heterocycles. The molecular weight excluding hydrogens is 380 g/mol. The maximum atomic E-state index is 12.6. The van der Waals surface area contributed by atoms with Crippen molar-refractivity contribution in [2.75, 3.05) is 7.05 Å². The second-order valence-corrected chi connectivity index (χ2v) is 7.96. The number of rotatable bonds is 3. The molecule has 0 bridgehead atoms. The Bertz CT molecular complexity index is 672. The number of nitrogens with two attached hydrogens (primary N) is 1. The van der Waals surface area contributed by atoms with Crippen LogP contribution < -0.4 is 5.14 Å². The lowest BCUT2D eigenvalue weighted by atomic mass is 10.1. The Morgan fingerprint density at radius 2 is 1.95 bits per heavy atom. The molecule has 1 aromatic rings. The van der Waals surface area contributed by atoms with Gasteiger partial charge in [-0.2, -0.15) is 0 Å². The fraction of sp³-hybridized carbons (Fsp3) is 0.462. The van der Waals surface area contributed by atoms with Crippen LogP contribution in [0.5, 0.6) is 0 Å². The Morgan fingerprint density at radius 3 is 2.48 bits per heavy atom. The minimum Gasteiger partial charge on any atom is -0.339 e. The Balaban J connectivity index is 2.42. The molecule has 1 aliphatic rings. The van der Waals surface area contributed by atoms with Crippen molar-refractivity contribution >= 4 is 43.5 Å². The second-order valence-electron chi connectivity index (χ2n) is 5.17. The number of halogens is 2. The molecule has 0 radical (unpaired) electrons. The number of carbonyl (C=O) groups excluding carboxylic acids is 1. The average molecular weight is 396 g/mol. The lowest BCUT2D eigenvalue weighted by Gasteiger charge is -2.25. The molecule has 2 rings (SSSR count). The number of amides is 1. The third kappa shape index (κ3) is 3.59. The second kappa shape index (κ2) is 6.24. The van der Waals surface area contributed by atoms with Crippen molar-refractivity contribution < 1.29 is 13.2 Å². The molecule has 2 N–H and O–H groups in total. The first kappa shape index (κ1) is 16.7. The van der Waals surface area contributed by atoms with E-state index >= 15 is 0 Å². The molecule has 0 heterocycles. The van der Waals surface area contributed by atoms with Crippen molar-refractivity contribution in [2.24, 2.45) is 5.14 Å². The summed E-state index contributed by atoms with van der Waals surface area (Å²) in [5.74, 6) is -0.293. The Morgan fingerprint density at radius 1 is 1.38 bits per heavy atom. The summed E-state index contributed by atoms with van der Waals surface area (Å²) in [4.78, 5) is 14.1. The number of primary sulfonamides is 1. The van der Waals surface area contributed by atoms with Gasteiger partial charge in [0.05, 0.1) is 15.5 Å². The van der Waals surface area contributed by atoms with Crippen LogP contribution in [0.25, 0.3) is 0 Å². The summed E-state index contributed by atoms with van der Waals surface area (Å²) < 4.78 is 23.3. The van der Waals surface area contributed by atoms with Gasteiger partial charge >= 0.3 is 0 Å². The highest BCUT2D eigenvalue weighted by atomic mass is 79.9. The quantitative estimate of drug-likeness (QED) is 0.854. The fourth-order valence-electron chi connectivity index (χ4n) is 2.53. The maximum Gasteiger partial charge on any atom is 0.255 e. The van der Waals surface area contributed by atoms with Crippen LogP contribution in [-0.4, -0.2) is 32.3 Å². The number of hydrogen-bond acceptors (Lipinski definition) is 3. The predicted molar refractivity (Wildman–Crippen MR) is 84.9 cm³/mol. The zero-order valence-electron chi connectivity index (χ0n) is 11.5. The van der Waals surface area contributed by atoms with E-state index in [4.69, 9.17) is 16.7 Å². The molecule has 1 aliphatic carbocycles. The number of carbonyl (C=O) groups is 1. The zero-order valence-corrected chi connectivity index (χ0v) is 14.6. The van der Waals surface area contributed by atoms with E-state index in [1.807, 2.05) is 0 Å². The van der Waals surface area contributed by atoms with Gasteiger partial charge in [-0.05, 0) is 40.9 Å². The highest BCUT2D eigenvalue weighted by molar-refractivity contribution is 9.10. The molecule has 8 heteroatoms. The SMILES string of the molecule is CN(C(=O)c1cc(S(N)(=O)=O)cc(Br)c1Cl)C1CCCC1. The van der Waals surface area contributed by atoms with Gasteiger partial charge in [-0.25, -0.2) is 13.6 Å².